The average Bonchev–Trinajstić information content (AvgIpc) is 2.80. The zero-order chi connectivity index (χ0) is 14.0. The number of hydrazine groups is 1. The number of urea groups is 1. The van der Waals surface area contributed by atoms with E-state index in [9.17, 15) is 4.79 Å². The molecule has 2 N–H and O–H groups in total. The minimum Gasteiger partial charge on any atom is -0.317 e. The topological polar surface area (TPSA) is 44.4 Å². The highest BCUT2D eigenvalue weighted by Crippen LogP contribution is 2.37. The van der Waals surface area contributed by atoms with E-state index in [1.54, 1.807) is 5.01 Å². The van der Waals surface area contributed by atoms with Crippen LogP contribution in [0.2, 0.25) is 0 Å². The van der Waals surface area contributed by atoms with Crippen molar-refractivity contribution >= 4 is 11.7 Å². The summed E-state index contributed by atoms with van der Waals surface area (Å²) < 4.78 is 0. The van der Waals surface area contributed by atoms with Gasteiger partial charge in [-0.3, -0.25) is 0 Å². The summed E-state index contributed by atoms with van der Waals surface area (Å²) >= 11 is 0. The highest BCUT2D eigenvalue weighted by atomic mass is 16.2. The molecule has 3 rings (SSSR count). The van der Waals surface area contributed by atoms with E-state index in [2.05, 4.69) is 17.3 Å². The van der Waals surface area contributed by atoms with Crippen molar-refractivity contribution in [2.45, 2.75) is 37.8 Å². The lowest BCUT2D eigenvalue weighted by molar-refractivity contribution is 0.141. The van der Waals surface area contributed by atoms with Gasteiger partial charge in [-0.25, -0.2) is 15.2 Å². The van der Waals surface area contributed by atoms with Gasteiger partial charge in [0.25, 0.3) is 0 Å². The molecule has 4 heteroatoms. The maximum Gasteiger partial charge on any atom is 0.338 e. The Morgan fingerprint density at radius 1 is 1.35 bits per heavy atom. The smallest absolute Gasteiger partial charge is 0.317 e. The van der Waals surface area contributed by atoms with Gasteiger partial charge in [0.15, 0.2) is 0 Å². The number of amides is 2. The van der Waals surface area contributed by atoms with E-state index < -0.39 is 0 Å². The number of carbonyl (C=O) groups is 1. The quantitative estimate of drug-likeness (QED) is 0.829. The SMILES string of the molecule is C=CCC1CCCC[C@@]12NC(=O)N(c1ccccc1)N2. The Morgan fingerprint density at radius 2 is 2.15 bits per heavy atom. The van der Waals surface area contributed by atoms with Gasteiger partial charge in [-0.2, -0.15) is 0 Å². The van der Waals surface area contributed by atoms with Crippen LogP contribution >= 0.6 is 0 Å². The summed E-state index contributed by atoms with van der Waals surface area (Å²) in [6, 6.07) is 9.66. The Hall–Kier alpha value is -1.81. The van der Waals surface area contributed by atoms with Crippen LogP contribution in [0.15, 0.2) is 43.0 Å². The molecule has 4 nitrogen and oxygen atoms in total. The van der Waals surface area contributed by atoms with Gasteiger partial charge in [-0.15, -0.1) is 6.58 Å². The second-order valence-electron chi connectivity index (χ2n) is 5.65. The summed E-state index contributed by atoms with van der Waals surface area (Å²) in [7, 11) is 0. The van der Waals surface area contributed by atoms with Gasteiger partial charge in [0.2, 0.25) is 0 Å². The normalized spacial score (nSPS) is 29.5. The first-order valence-corrected chi connectivity index (χ1v) is 7.31. The fourth-order valence-electron chi connectivity index (χ4n) is 3.36. The molecule has 1 spiro atoms. The van der Waals surface area contributed by atoms with Crippen molar-refractivity contribution in [1.82, 2.24) is 10.7 Å². The number of hydrogen-bond donors (Lipinski definition) is 2. The molecule has 0 aromatic heterocycles. The number of rotatable bonds is 3. The maximum atomic E-state index is 12.3. The summed E-state index contributed by atoms with van der Waals surface area (Å²) in [4.78, 5) is 12.3. The second-order valence-corrected chi connectivity index (χ2v) is 5.65. The molecule has 1 aliphatic heterocycles. The highest BCUT2D eigenvalue weighted by Gasteiger charge is 2.48. The van der Waals surface area contributed by atoms with E-state index in [4.69, 9.17) is 0 Å². The van der Waals surface area contributed by atoms with E-state index in [1.165, 1.54) is 6.42 Å². The van der Waals surface area contributed by atoms with Crippen molar-refractivity contribution in [3.05, 3.63) is 43.0 Å². The molecule has 1 aliphatic carbocycles. The van der Waals surface area contributed by atoms with Gasteiger partial charge in [0.1, 0.15) is 5.66 Å². The number of nitrogens with zero attached hydrogens (tertiary/aromatic N) is 1. The number of carbonyl (C=O) groups excluding carboxylic acids is 1. The number of anilines is 1. The molecule has 0 radical (unpaired) electrons. The predicted octanol–water partition coefficient (Wildman–Crippen LogP) is 3.18. The molecule has 1 saturated heterocycles. The predicted molar refractivity (Wildman–Crippen MR) is 80.1 cm³/mol. The summed E-state index contributed by atoms with van der Waals surface area (Å²) in [5, 5.41) is 4.82. The lowest BCUT2D eigenvalue weighted by Gasteiger charge is -2.40. The van der Waals surface area contributed by atoms with Crippen molar-refractivity contribution in [2.75, 3.05) is 5.01 Å². The third-order valence-electron chi connectivity index (χ3n) is 4.38. The highest BCUT2D eigenvalue weighted by molar-refractivity contribution is 5.93. The van der Waals surface area contributed by atoms with Crippen LogP contribution < -0.4 is 15.8 Å². The van der Waals surface area contributed by atoms with Crippen LogP contribution in [-0.2, 0) is 0 Å². The lowest BCUT2D eigenvalue weighted by Crippen LogP contribution is -2.58. The van der Waals surface area contributed by atoms with Crippen molar-refractivity contribution in [1.29, 1.82) is 0 Å². The molecule has 2 amide bonds. The number of benzene rings is 1. The fraction of sp³-hybridized carbons (Fsp3) is 0.438. The number of para-hydroxylation sites is 1. The van der Waals surface area contributed by atoms with E-state index in [0.29, 0.717) is 5.92 Å². The maximum absolute atomic E-state index is 12.3. The Balaban J connectivity index is 1.85. The first kappa shape index (κ1) is 13.2. The monoisotopic (exact) mass is 271 g/mol. The van der Waals surface area contributed by atoms with Gasteiger partial charge in [-0.05, 0) is 37.8 Å². The minimum absolute atomic E-state index is 0.0628. The third-order valence-corrected chi connectivity index (χ3v) is 4.38. The first-order valence-electron chi connectivity index (χ1n) is 7.31. The van der Waals surface area contributed by atoms with E-state index in [-0.39, 0.29) is 11.7 Å². The van der Waals surface area contributed by atoms with Crippen molar-refractivity contribution < 1.29 is 4.79 Å². The van der Waals surface area contributed by atoms with Gasteiger partial charge < -0.3 is 5.32 Å². The minimum atomic E-state index is -0.306. The molecule has 1 heterocycles. The second kappa shape index (κ2) is 5.29. The van der Waals surface area contributed by atoms with Crippen LogP contribution in [0.1, 0.15) is 32.1 Å². The number of allylic oxidation sites excluding steroid dienone is 1. The van der Waals surface area contributed by atoms with Crippen molar-refractivity contribution in [3.8, 4) is 0 Å². The number of hydrogen-bond acceptors (Lipinski definition) is 2. The molecule has 0 bridgehead atoms. The molecule has 1 unspecified atom stereocenters. The Labute approximate surface area is 119 Å². The molecule has 1 aromatic rings. The Bertz CT molecular complexity index is 502. The lowest BCUT2D eigenvalue weighted by atomic mass is 9.77. The molecule has 106 valence electrons. The van der Waals surface area contributed by atoms with E-state index >= 15 is 0 Å². The largest absolute Gasteiger partial charge is 0.338 e. The summed E-state index contributed by atoms with van der Waals surface area (Å²) in [5.41, 5.74) is 4.01. The van der Waals surface area contributed by atoms with Crippen molar-refractivity contribution in [2.24, 2.45) is 5.92 Å². The Kier molecular flexibility index (Phi) is 3.49. The Morgan fingerprint density at radius 3 is 2.90 bits per heavy atom. The van der Waals surface area contributed by atoms with Crippen LogP contribution in [0.25, 0.3) is 0 Å². The molecule has 1 saturated carbocycles. The zero-order valence-electron chi connectivity index (χ0n) is 11.6. The molecule has 2 atom stereocenters. The standard InChI is InChI=1S/C16H21N3O/c1-2-8-13-9-6-7-12-16(13)17-15(20)19(18-16)14-10-4-3-5-11-14/h2-5,10-11,13,18H,1,6-9,12H2,(H,17,20)/t13?,16-/m0/s1. The van der Waals surface area contributed by atoms with Crippen LogP contribution in [0.5, 0.6) is 0 Å². The average molecular weight is 271 g/mol. The van der Waals surface area contributed by atoms with Gasteiger partial charge in [-0.1, -0.05) is 30.7 Å². The van der Waals surface area contributed by atoms with Crippen LogP contribution in [-0.4, -0.2) is 11.7 Å². The summed E-state index contributed by atoms with van der Waals surface area (Å²) in [6.45, 7) is 3.85. The number of nitrogens with one attached hydrogen (secondary N) is 2. The van der Waals surface area contributed by atoms with Crippen molar-refractivity contribution in [3.63, 3.8) is 0 Å². The van der Waals surface area contributed by atoms with Crippen LogP contribution in [0.4, 0.5) is 10.5 Å². The van der Waals surface area contributed by atoms with Gasteiger partial charge in [0, 0.05) is 5.92 Å². The van der Waals surface area contributed by atoms with E-state index in [0.717, 1.165) is 31.4 Å². The summed E-state index contributed by atoms with van der Waals surface area (Å²) in [5.74, 6) is 0.409. The third kappa shape index (κ3) is 2.20. The van der Waals surface area contributed by atoms with Gasteiger partial charge >= 0.3 is 6.03 Å². The first-order chi connectivity index (χ1) is 9.75. The molecular weight excluding hydrogens is 250 g/mol. The summed E-state index contributed by atoms with van der Waals surface area (Å²) in [6.07, 6.45) is 7.35. The van der Waals surface area contributed by atoms with Crippen LogP contribution in [0, 0.1) is 5.92 Å². The zero-order valence-corrected chi connectivity index (χ0v) is 11.6. The molecule has 1 aromatic carbocycles. The molecule has 2 aliphatic rings. The molecule has 20 heavy (non-hydrogen) atoms. The molecule has 2 fully saturated rings. The van der Waals surface area contributed by atoms with Crippen LogP contribution in [0.3, 0.4) is 0 Å². The van der Waals surface area contributed by atoms with E-state index in [1.807, 2.05) is 36.4 Å². The fourth-order valence-corrected chi connectivity index (χ4v) is 3.36. The molecular formula is C16H21N3O. The van der Waals surface area contributed by atoms with Gasteiger partial charge in [0.05, 0.1) is 5.69 Å².